The molecular weight excluding hydrogens is 302 g/mol. The van der Waals surface area contributed by atoms with Crippen LogP contribution in [-0.4, -0.2) is 43.4 Å². The smallest absolute Gasteiger partial charge is 0.255 e. The van der Waals surface area contributed by atoms with Crippen molar-refractivity contribution in [2.75, 3.05) is 32.0 Å². The van der Waals surface area contributed by atoms with Crippen LogP contribution in [0.5, 0.6) is 0 Å². The Hall–Kier alpha value is -1.59. The van der Waals surface area contributed by atoms with Gasteiger partial charge in [0.15, 0.2) is 0 Å². The van der Waals surface area contributed by atoms with E-state index in [2.05, 4.69) is 10.6 Å². The first kappa shape index (κ1) is 18.5. The third-order valence-electron chi connectivity index (χ3n) is 3.68. The number of halogens is 1. The van der Waals surface area contributed by atoms with Crippen molar-refractivity contribution in [3.05, 3.63) is 29.8 Å². The van der Waals surface area contributed by atoms with Crippen LogP contribution in [-0.2, 0) is 4.79 Å². The molecule has 122 valence electrons. The Balaban J connectivity index is 0.00000242. The molecule has 1 saturated heterocycles. The predicted octanol–water partition coefficient (Wildman–Crippen LogP) is 2.28. The zero-order chi connectivity index (χ0) is 15.1. The second-order valence-corrected chi connectivity index (χ2v) is 5.30. The molecule has 0 bridgehead atoms. The van der Waals surface area contributed by atoms with Crippen molar-refractivity contribution in [1.82, 2.24) is 10.2 Å². The second-order valence-electron chi connectivity index (χ2n) is 5.30. The number of nitrogens with zero attached hydrogens (tertiary/aromatic N) is 1. The first-order valence-electron chi connectivity index (χ1n) is 7.55. The van der Waals surface area contributed by atoms with Crippen LogP contribution in [0.3, 0.4) is 0 Å². The van der Waals surface area contributed by atoms with Crippen LogP contribution in [0.1, 0.15) is 36.0 Å². The Bertz CT molecular complexity index is 502. The van der Waals surface area contributed by atoms with E-state index in [0.29, 0.717) is 24.2 Å². The molecule has 6 heteroatoms. The van der Waals surface area contributed by atoms with E-state index in [1.807, 2.05) is 17.0 Å². The zero-order valence-corrected chi connectivity index (χ0v) is 13.7. The summed E-state index contributed by atoms with van der Waals surface area (Å²) in [6, 6.07) is 7.24. The summed E-state index contributed by atoms with van der Waals surface area (Å²) in [5, 5.41) is 5.78. The van der Waals surface area contributed by atoms with Gasteiger partial charge in [-0.05, 0) is 38.4 Å². The van der Waals surface area contributed by atoms with Gasteiger partial charge in [-0.1, -0.05) is 12.1 Å². The summed E-state index contributed by atoms with van der Waals surface area (Å²) in [4.78, 5) is 26.3. The molecule has 1 fully saturated rings. The molecule has 1 aromatic rings. The van der Waals surface area contributed by atoms with Gasteiger partial charge in [-0.15, -0.1) is 12.4 Å². The van der Waals surface area contributed by atoms with E-state index in [4.69, 9.17) is 0 Å². The monoisotopic (exact) mass is 325 g/mol. The number of benzene rings is 1. The number of amides is 2. The van der Waals surface area contributed by atoms with Crippen LogP contribution >= 0.6 is 12.4 Å². The van der Waals surface area contributed by atoms with Crippen LogP contribution in [0, 0.1) is 0 Å². The third kappa shape index (κ3) is 5.00. The van der Waals surface area contributed by atoms with Crippen LogP contribution in [0.25, 0.3) is 0 Å². The van der Waals surface area contributed by atoms with Crippen LogP contribution in [0.2, 0.25) is 0 Å². The minimum Gasteiger partial charge on any atom is -0.339 e. The van der Waals surface area contributed by atoms with Gasteiger partial charge >= 0.3 is 0 Å². The van der Waals surface area contributed by atoms with E-state index < -0.39 is 0 Å². The molecule has 0 aliphatic carbocycles. The number of carbonyl (C=O) groups is 2. The second kappa shape index (κ2) is 9.43. The van der Waals surface area contributed by atoms with Gasteiger partial charge in [-0.25, -0.2) is 0 Å². The van der Waals surface area contributed by atoms with Crippen molar-refractivity contribution in [3.63, 3.8) is 0 Å². The van der Waals surface area contributed by atoms with Gasteiger partial charge < -0.3 is 15.5 Å². The molecule has 0 spiro atoms. The van der Waals surface area contributed by atoms with E-state index in [0.717, 1.165) is 25.9 Å². The lowest BCUT2D eigenvalue weighted by Crippen LogP contribution is -2.36. The Labute approximate surface area is 137 Å². The highest BCUT2D eigenvalue weighted by Crippen LogP contribution is 2.20. The molecule has 0 atom stereocenters. The van der Waals surface area contributed by atoms with Gasteiger partial charge in [0.2, 0.25) is 5.91 Å². The molecule has 1 aliphatic heterocycles. The normalized spacial score (nSPS) is 14.1. The number of hydrogen-bond donors (Lipinski definition) is 2. The SMILES string of the molecule is CNCCC(=O)Nc1ccccc1C(=O)N1CCCCC1.Cl. The molecule has 2 rings (SSSR count). The molecule has 22 heavy (non-hydrogen) atoms. The number of para-hydroxylation sites is 1. The number of hydrogen-bond acceptors (Lipinski definition) is 3. The Morgan fingerprint density at radius 3 is 2.50 bits per heavy atom. The van der Waals surface area contributed by atoms with Crippen molar-refractivity contribution in [1.29, 1.82) is 0 Å². The van der Waals surface area contributed by atoms with Crippen molar-refractivity contribution in [3.8, 4) is 0 Å². The Kier molecular flexibility index (Phi) is 7.91. The standard InChI is InChI=1S/C16H23N3O2.ClH/c1-17-10-9-15(20)18-14-8-4-3-7-13(14)16(21)19-11-5-2-6-12-19;/h3-4,7-8,17H,2,5-6,9-12H2,1H3,(H,18,20);1H. The fourth-order valence-electron chi connectivity index (χ4n) is 2.50. The molecule has 1 aliphatic rings. The van der Waals surface area contributed by atoms with Gasteiger partial charge in [0.05, 0.1) is 11.3 Å². The average Bonchev–Trinajstić information content (AvgIpc) is 2.53. The lowest BCUT2D eigenvalue weighted by atomic mass is 10.1. The van der Waals surface area contributed by atoms with Crippen molar-refractivity contribution >= 4 is 29.9 Å². The topological polar surface area (TPSA) is 61.4 Å². The van der Waals surface area contributed by atoms with Gasteiger partial charge in [-0.2, -0.15) is 0 Å². The lowest BCUT2D eigenvalue weighted by molar-refractivity contribution is -0.116. The minimum absolute atomic E-state index is 0. The lowest BCUT2D eigenvalue weighted by Gasteiger charge is -2.27. The largest absolute Gasteiger partial charge is 0.339 e. The summed E-state index contributed by atoms with van der Waals surface area (Å²) in [6.07, 6.45) is 3.69. The molecule has 0 radical (unpaired) electrons. The molecular formula is C16H24ClN3O2. The van der Waals surface area contributed by atoms with Crippen molar-refractivity contribution < 1.29 is 9.59 Å². The number of carbonyl (C=O) groups excluding carboxylic acids is 2. The van der Waals surface area contributed by atoms with E-state index in [1.165, 1.54) is 6.42 Å². The van der Waals surface area contributed by atoms with Crippen molar-refractivity contribution in [2.24, 2.45) is 0 Å². The fraction of sp³-hybridized carbons (Fsp3) is 0.500. The number of rotatable bonds is 5. The van der Waals surface area contributed by atoms with Gasteiger partial charge in [0.25, 0.3) is 5.91 Å². The minimum atomic E-state index is -0.0803. The Morgan fingerprint density at radius 2 is 1.82 bits per heavy atom. The van der Waals surface area contributed by atoms with E-state index in [9.17, 15) is 9.59 Å². The molecule has 2 amide bonds. The molecule has 0 aromatic heterocycles. The molecule has 2 N–H and O–H groups in total. The molecule has 5 nitrogen and oxygen atoms in total. The third-order valence-corrected chi connectivity index (χ3v) is 3.68. The highest BCUT2D eigenvalue weighted by atomic mass is 35.5. The number of likely N-dealkylation sites (tertiary alicyclic amines) is 1. The van der Waals surface area contributed by atoms with Gasteiger partial charge in [0.1, 0.15) is 0 Å². The summed E-state index contributed by atoms with van der Waals surface area (Å²) in [5.41, 5.74) is 1.19. The van der Waals surface area contributed by atoms with Gasteiger partial charge in [-0.3, -0.25) is 9.59 Å². The maximum Gasteiger partial charge on any atom is 0.255 e. The van der Waals surface area contributed by atoms with E-state index >= 15 is 0 Å². The molecule has 1 aromatic carbocycles. The summed E-state index contributed by atoms with van der Waals surface area (Å²) < 4.78 is 0. The zero-order valence-electron chi connectivity index (χ0n) is 12.9. The Morgan fingerprint density at radius 1 is 1.14 bits per heavy atom. The van der Waals surface area contributed by atoms with E-state index in [1.54, 1.807) is 19.2 Å². The molecule has 0 unspecified atom stereocenters. The maximum absolute atomic E-state index is 12.6. The number of anilines is 1. The summed E-state index contributed by atoms with van der Waals surface area (Å²) in [7, 11) is 1.81. The maximum atomic E-state index is 12.6. The number of nitrogens with one attached hydrogen (secondary N) is 2. The van der Waals surface area contributed by atoms with Crippen LogP contribution < -0.4 is 10.6 Å². The van der Waals surface area contributed by atoms with Gasteiger partial charge in [0, 0.05) is 26.1 Å². The highest BCUT2D eigenvalue weighted by Gasteiger charge is 2.20. The van der Waals surface area contributed by atoms with Crippen molar-refractivity contribution in [2.45, 2.75) is 25.7 Å². The van der Waals surface area contributed by atoms with Crippen LogP contribution in [0.15, 0.2) is 24.3 Å². The fourth-order valence-corrected chi connectivity index (χ4v) is 2.50. The van der Waals surface area contributed by atoms with E-state index in [-0.39, 0.29) is 24.2 Å². The number of piperidine rings is 1. The first-order chi connectivity index (χ1) is 10.2. The predicted molar refractivity (Wildman–Crippen MR) is 90.6 cm³/mol. The highest BCUT2D eigenvalue weighted by molar-refractivity contribution is 6.03. The summed E-state index contributed by atoms with van der Waals surface area (Å²) in [5.74, 6) is -0.0672. The quantitative estimate of drug-likeness (QED) is 0.873. The molecule has 0 saturated carbocycles. The van der Waals surface area contributed by atoms with Crippen LogP contribution in [0.4, 0.5) is 5.69 Å². The average molecular weight is 326 g/mol. The summed E-state index contributed by atoms with van der Waals surface area (Å²) >= 11 is 0. The summed E-state index contributed by atoms with van der Waals surface area (Å²) in [6.45, 7) is 2.23. The molecule has 1 heterocycles. The first-order valence-corrected chi connectivity index (χ1v) is 7.55.